The monoisotopic (exact) mass is 292 g/mol. The Kier molecular flexibility index (Phi) is 5.44. The van der Waals surface area contributed by atoms with Crippen molar-refractivity contribution in [3.05, 3.63) is 23.8 Å². The zero-order valence-electron chi connectivity index (χ0n) is 12.8. The number of nitrogens with two attached hydrogens (primary N) is 1. The fraction of sp³-hybridized carbons (Fsp3) is 0.562. The summed E-state index contributed by atoms with van der Waals surface area (Å²) < 4.78 is 10.5. The molecular formula is C16H24N2O3. The van der Waals surface area contributed by atoms with E-state index in [-0.39, 0.29) is 5.91 Å². The Morgan fingerprint density at radius 2 is 2.10 bits per heavy atom. The van der Waals surface area contributed by atoms with Gasteiger partial charge in [0.25, 0.3) is 0 Å². The van der Waals surface area contributed by atoms with E-state index in [1.807, 2.05) is 23.1 Å². The first kappa shape index (κ1) is 15.6. The molecule has 1 fully saturated rings. The highest BCUT2D eigenvalue weighted by molar-refractivity contribution is 5.76. The van der Waals surface area contributed by atoms with Gasteiger partial charge in [0.15, 0.2) is 11.5 Å². The van der Waals surface area contributed by atoms with E-state index in [1.165, 1.54) is 0 Å². The van der Waals surface area contributed by atoms with E-state index >= 15 is 0 Å². The van der Waals surface area contributed by atoms with Gasteiger partial charge >= 0.3 is 0 Å². The minimum atomic E-state index is 0.209. The summed E-state index contributed by atoms with van der Waals surface area (Å²) in [4.78, 5) is 14.1. The lowest BCUT2D eigenvalue weighted by Gasteiger charge is -2.16. The topological polar surface area (TPSA) is 64.8 Å². The van der Waals surface area contributed by atoms with Crippen LogP contribution in [0.1, 0.15) is 18.4 Å². The van der Waals surface area contributed by atoms with Gasteiger partial charge in [-0.2, -0.15) is 0 Å². The Bertz CT molecular complexity index is 490. The first-order chi connectivity index (χ1) is 10.2. The van der Waals surface area contributed by atoms with Crippen molar-refractivity contribution in [2.45, 2.75) is 19.3 Å². The van der Waals surface area contributed by atoms with E-state index in [0.29, 0.717) is 36.8 Å². The van der Waals surface area contributed by atoms with E-state index in [9.17, 15) is 4.79 Å². The summed E-state index contributed by atoms with van der Waals surface area (Å²) in [7, 11) is 3.23. The number of benzene rings is 1. The Balaban J connectivity index is 1.89. The van der Waals surface area contributed by atoms with Crippen LogP contribution in [0.4, 0.5) is 0 Å². The Morgan fingerprint density at radius 3 is 2.71 bits per heavy atom. The fourth-order valence-electron chi connectivity index (χ4n) is 2.70. The van der Waals surface area contributed by atoms with Gasteiger partial charge in [-0.25, -0.2) is 0 Å². The first-order valence-electron chi connectivity index (χ1n) is 7.36. The lowest BCUT2D eigenvalue weighted by Crippen LogP contribution is -2.30. The Hall–Kier alpha value is -1.75. The highest BCUT2D eigenvalue weighted by Gasteiger charge is 2.24. The molecule has 1 aliphatic heterocycles. The van der Waals surface area contributed by atoms with Crippen molar-refractivity contribution >= 4 is 5.91 Å². The lowest BCUT2D eigenvalue weighted by atomic mass is 10.1. The molecule has 1 atom stereocenters. The van der Waals surface area contributed by atoms with Gasteiger partial charge in [-0.3, -0.25) is 4.79 Å². The van der Waals surface area contributed by atoms with E-state index in [4.69, 9.17) is 15.2 Å². The fourth-order valence-corrected chi connectivity index (χ4v) is 2.70. The minimum Gasteiger partial charge on any atom is -0.493 e. The number of nitrogens with zero attached hydrogens (tertiary/aromatic N) is 1. The van der Waals surface area contributed by atoms with Gasteiger partial charge in [0.05, 0.1) is 14.2 Å². The maximum Gasteiger partial charge on any atom is 0.222 e. The van der Waals surface area contributed by atoms with E-state index in [1.54, 1.807) is 14.2 Å². The maximum atomic E-state index is 12.2. The number of hydrogen-bond acceptors (Lipinski definition) is 4. The average molecular weight is 292 g/mol. The van der Waals surface area contributed by atoms with Crippen LogP contribution in [0.15, 0.2) is 18.2 Å². The molecule has 0 spiro atoms. The number of hydrogen-bond donors (Lipinski definition) is 1. The highest BCUT2D eigenvalue weighted by atomic mass is 16.5. The standard InChI is InChI=1S/C16H24N2O3/c1-20-14-5-3-12(9-15(14)21-2)4-6-16(19)18-8-7-13(10-17)11-18/h3,5,9,13H,4,6-8,10-11,17H2,1-2H3/t13-/m1/s1. The molecule has 21 heavy (non-hydrogen) atoms. The van der Waals surface area contributed by atoms with Crippen molar-refractivity contribution in [2.24, 2.45) is 11.7 Å². The van der Waals surface area contributed by atoms with Crippen LogP contribution in [0.25, 0.3) is 0 Å². The molecule has 1 aromatic carbocycles. The van der Waals surface area contributed by atoms with Crippen molar-refractivity contribution in [3.63, 3.8) is 0 Å². The van der Waals surface area contributed by atoms with E-state index < -0.39 is 0 Å². The molecule has 1 aromatic rings. The molecule has 1 saturated heterocycles. The number of carbonyl (C=O) groups is 1. The molecule has 2 N–H and O–H groups in total. The average Bonchev–Trinajstić information content (AvgIpc) is 3.01. The third-order valence-electron chi connectivity index (χ3n) is 4.05. The molecule has 1 aliphatic rings. The van der Waals surface area contributed by atoms with Crippen molar-refractivity contribution < 1.29 is 14.3 Å². The van der Waals surface area contributed by atoms with Gasteiger partial charge in [0.2, 0.25) is 5.91 Å². The van der Waals surface area contributed by atoms with E-state index in [0.717, 1.165) is 25.1 Å². The number of carbonyl (C=O) groups excluding carboxylic acids is 1. The van der Waals surface area contributed by atoms with Crippen LogP contribution in [0, 0.1) is 5.92 Å². The van der Waals surface area contributed by atoms with Crippen molar-refractivity contribution in [3.8, 4) is 11.5 Å². The second kappa shape index (κ2) is 7.31. The van der Waals surface area contributed by atoms with Crippen LogP contribution in [0.2, 0.25) is 0 Å². The summed E-state index contributed by atoms with van der Waals surface area (Å²) in [5, 5.41) is 0. The third-order valence-corrected chi connectivity index (χ3v) is 4.05. The van der Waals surface area contributed by atoms with Gasteiger partial charge in [-0.15, -0.1) is 0 Å². The van der Waals surface area contributed by atoms with Gasteiger partial charge in [0, 0.05) is 19.5 Å². The van der Waals surface area contributed by atoms with Crippen LogP contribution < -0.4 is 15.2 Å². The zero-order valence-corrected chi connectivity index (χ0v) is 12.8. The lowest BCUT2D eigenvalue weighted by molar-refractivity contribution is -0.130. The maximum absolute atomic E-state index is 12.2. The summed E-state index contributed by atoms with van der Waals surface area (Å²) in [6.07, 6.45) is 2.26. The molecule has 2 rings (SSSR count). The molecule has 116 valence electrons. The molecular weight excluding hydrogens is 268 g/mol. The van der Waals surface area contributed by atoms with Crippen LogP contribution in [0.3, 0.4) is 0 Å². The summed E-state index contributed by atoms with van der Waals surface area (Å²) in [6, 6.07) is 5.78. The Morgan fingerprint density at radius 1 is 1.33 bits per heavy atom. The molecule has 0 saturated carbocycles. The third kappa shape index (κ3) is 3.88. The van der Waals surface area contributed by atoms with Crippen LogP contribution in [-0.4, -0.2) is 44.7 Å². The normalized spacial score (nSPS) is 17.9. The molecule has 0 unspecified atom stereocenters. The number of aryl methyl sites for hydroxylation is 1. The van der Waals surface area contributed by atoms with Gasteiger partial charge in [0.1, 0.15) is 0 Å². The molecule has 1 heterocycles. The van der Waals surface area contributed by atoms with Gasteiger partial charge < -0.3 is 20.1 Å². The number of rotatable bonds is 6. The predicted octanol–water partition coefficient (Wildman–Crippen LogP) is 1.44. The largest absolute Gasteiger partial charge is 0.493 e. The second-order valence-corrected chi connectivity index (χ2v) is 5.42. The smallest absolute Gasteiger partial charge is 0.222 e. The second-order valence-electron chi connectivity index (χ2n) is 5.42. The van der Waals surface area contributed by atoms with Crippen LogP contribution >= 0.6 is 0 Å². The van der Waals surface area contributed by atoms with Crippen LogP contribution in [-0.2, 0) is 11.2 Å². The summed E-state index contributed by atoms with van der Waals surface area (Å²) in [6.45, 7) is 2.31. The van der Waals surface area contributed by atoms with Crippen LogP contribution in [0.5, 0.6) is 11.5 Å². The minimum absolute atomic E-state index is 0.209. The number of likely N-dealkylation sites (tertiary alicyclic amines) is 1. The van der Waals surface area contributed by atoms with Crippen molar-refractivity contribution in [1.82, 2.24) is 4.90 Å². The number of ether oxygens (including phenoxy) is 2. The highest BCUT2D eigenvalue weighted by Crippen LogP contribution is 2.28. The molecule has 0 bridgehead atoms. The summed E-state index contributed by atoms with van der Waals surface area (Å²) >= 11 is 0. The van der Waals surface area contributed by atoms with Crippen molar-refractivity contribution in [1.29, 1.82) is 0 Å². The SMILES string of the molecule is COc1ccc(CCC(=O)N2CC[C@H](CN)C2)cc1OC. The first-order valence-corrected chi connectivity index (χ1v) is 7.36. The zero-order chi connectivity index (χ0) is 15.2. The van der Waals surface area contributed by atoms with Gasteiger partial charge in [-0.05, 0) is 43.0 Å². The molecule has 0 radical (unpaired) electrons. The molecule has 0 aliphatic carbocycles. The molecule has 5 nitrogen and oxygen atoms in total. The summed E-state index contributed by atoms with van der Waals surface area (Å²) in [5.41, 5.74) is 6.74. The molecule has 0 aromatic heterocycles. The molecule has 1 amide bonds. The number of amides is 1. The molecule has 5 heteroatoms. The van der Waals surface area contributed by atoms with Crippen molar-refractivity contribution in [2.75, 3.05) is 33.9 Å². The predicted molar refractivity (Wildman–Crippen MR) is 81.6 cm³/mol. The number of methoxy groups -OCH3 is 2. The summed E-state index contributed by atoms with van der Waals surface area (Å²) in [5.74, 6) is 2.08. The van der Waals surface area contributed by atoms with E-state index in [2.05, 4.69) is 0 Å². The quantitative estimate of drug-likeness (QED) is 0.862. The Labute approximate surface area is 126 Å². The van der Waals surface area contributed by atoms with Gasteiger partial charge in [-0.1, -0.05) is 6.07 Å².